The number of carbonyl (C=O) groups is 1. The number of carbonyl (C=O) groups excluding carboxylic acids is 1. The van der Waals surface area contributed by atoms with Crippen molar-refractivity contribution >= 4 is 5.97 Å². The molecule has 3 heteroatoms. The van der Waals surface area contributed by atoms with Crippen molar-refractivity contribution in [1.29, 1.82) is 0 Å². The van der Waals surface area contributed by atoms with Crippen LogP contribution in [-0.4, -0.2) is 5.97 Å². The fourth-order valence-electron chi connectivity index (χ4n) is 1.71. The topological polar surface area (TPSA) is 40.1 Å². The summed E-state index contributed by atoms with van der Waals surface area (Å²) in [5, 5.41) is 10.3. The Morgan fingerprint density at radius 3 is 2.33 bits per heavy atom. The number of aliphatic carboxylic acids is 1. The van der Waals surface area contributed by atoms with E-state index in [1.807, 2.05) is 6.08 Å². The van der Waals surface area contributed by atoms with Crippen LogP contribution in [0.2, 0.25) is 0 Å². The van der Waals surface area contributed by atoms with Crippen molar-refractivity contribution in [2.45, 2.75) is 53.4 Å². The van der Waals surface area contributed by atoms with Gasteiger partial charge in [-0.1, -0.05) is 52.2 Å². The van der Waals surface area contributed by atoms with Crippen LogP contribution in [0, 0.1) is 11.8 Å². The molecule has 0 aromatic carbocycles. The van der Waals surface area contributed by atoms with E-state index in [0.29, 0.717) is 5.92 Å². The van der Waals surface area contributed by atoms with E-state index in [1.165, 1.54) is 19.3 Å². The molecule has 98 valence electrons. The van der Waals surface area contributed by atoms with Crippen molar-refractivity contribution in [2.75, 3.05) is 0 Å². The molecule has 0 spiro atoms. The van der Waals surface area contributed by atoms with Gasteiger partial charge < -0.3 is 9.90 Å². The van der Waals surface area contributed by atoms with Gasteiger partial charge in [-0.25, -0.2) is 0 Å². The molecular formula is C15H25KO2. The van der Waals surface area contributed by atoms with Crippen LogP contribution in [0.5, 0.6) is 0 Å². The molecule has 0 rings (SSSR count). The Morgan fingerprint density at radius 2 is 1.83 bits per heavy atom. The van der Waals surface area contributed by atoms with Gasteiger partial charge in [0.25, 0.3) is 0 Å². The van der Waals surface area contributed by atoms with Crippen molar-refractivity contribution in [3.8, 4) is 0 Å². The molecule has 1 atom stereocenters. The molecular weight excluding hydrogens is 251 g/mol. The largest absolute Gasteiger partial charge is 1.00 e. The molecule has 0 aromatic heterocycles. The normalized spacial score (nSPS) is 13.7. The molecule has 18 heavy (non-hydrogen) atoms. The van der Waals surface area contributed by atoms with E-state index < -0.39 is 5.97 Å². The molecule has 0 saturated carbocycles. The number of hydrogen-bond donors (Lipinski definition) is 0. The number of hydrogen-bond acceptors (Lipinski definition) is 2. The second kappa shape index (κ2) is 12.6. The van der Waals surface area contributed by atoms with E-state index in [1.54, 1.807) is 6.92 Å². The molecule has 0 fully saturated rings. The SMILES string of the molecule is CC(/C=C/CC(C)CCCC(C)C)=C\C(=O)[O-].[K+]. The monoisotopic (exact) mass is 276 g/mol. The third-order valence-electron chi connectivity index (χ3n) is 2.74. The van der Waals surface area contributed by atoms with E-state index in [4.69, 9.17) is 0 Å². The van der Waals surface area contributed by atoms with E-state index >= 15 is 0 Å². The molecule has 1 unspecified atom stereocenters. The summed E-state index contributed by atoms with van der Waals surface area (Å²) in [4.78, 5) is 10.3. The van der Waals surface area contributed by atoms with Gasteiger partial charge in [-0.15, -0.1) is 0 Å². The minimum Gasteiger partial charge on any atom is -0.545 e. The van der Waals surface area contributed by atoms with E-state index in [2.05, 4.69) is 26.8 Å². The van der Waals surface area contributed by atoms with Crippen LogP contribution in [0.15, 0.2) is 23.8 Å². The second-order valence-electron chi connectivity index (χ2n) is 5.28. The molecule has 0 aliphatic carbocycles. The Balaban J connectivity index is 0. The number of rotatable bonds is 8. The Bertz CT molecular complexity index is 280. The van der Waals surface area contributed by atoms with Crippen LogP contribution in [-0.2, 0) is 4.79 Å². The molecule has 2 nitrogen and oxygen atoms in total. The summed E-state index contributed by atoms with van der Waals surface area (Å²) in [6.45, 7) is 8.51. The van der Waals surface area contributed by atoms with Crippen molar-refractivity contribution in [2.24, 2.45) is 11.8 Å². The maximum absolute atomic E-state index is 10.3. The van der Waals surface area contributed by atoms with Gasteiger partial charge in [0.1, 0.15) is 0 Å². The van der Waals surface area contributed by atoms with Gasteiger partial charge in [0.15, 0.2) is 0 Å². The average Bonchev–Trinajstić information content (AvgIpc) is 2.15. The smallest absolute Gasteiger partial charge is 0.545 e. The van der Waals surface area contributed by atoms with E-state index in [0.717, 1.165) is 24.0 Å². The van der Waals surface area contributed by atoms with Crippen molar-refractivity contribution < 1.29 is 61.3 Å². The fraction of sp³-hybridized carbons (Fsp3) is 0.667. The van der Waals surface area contributed by atoms with Crippen molar-refractivity contribution in [3.05, 3.63) is 23.8 Å². The quantitative estimate of drug-likeness (QED) is 0.358. The summed E-state index contributed by atoms with van der Waals surface area (Å²) in [6.07, 6.45) is 9.85. The molecule has 0 aliphatic heterocycles. The molecule has 0 radical (unpaired) electrons. The van der Waals surface area contributed by atoms with Crippen LogP contribution < -0.4 is 56.5 Å². The zero-order valence-electron chi connectivity index (χ0n) is 12.5. The van der Waals surface area contributed by atoms with Crippen LogP contribution in [0.4, 0.5) is 0 Å². The molecule has 0 saturated heterocycles. The molecule has 0 heterocycles. The van der Waals surface area contributed by atoms with Crippen molar-refractivity contribution in [1.82, 2.24) is 0 Å². The summed E-state index contributed by atoms with van der Waals surface area (Å²) in [7, 11) is 0. The zero-order valence-corrected chi connectivity index (χ0v) is 15.7. The summed E-state index contributed by atoms with van der Waals surface area (Å²) >= 11 is 0. The van der Waals surface area contributed by atoms with Gasteiger partial charge in [-0.05, 0) is 36.8 Å². The standard InChI is InChI=1S/C15H26O2.K/c1-12(2)7-5-8-13(3)9-6-10-14(4)11-15(16)17;/h6,10-13H,5,7-9H2,1-4H3,(H,16,17);/q;+1/p-1/b10-6+,14-11+;. The third-order valence-corrected chi connectivity index (χ3v) is 2.74. The summed E-state index contributed by atoms with van der Waals surface area (Å²) < 4.78 is 0. The molecule has 0 aromatic rings. The first-order valence-electron chi connectivity index (χ1n) is 6.47. The predicted octanol–water partition coefficient (Wildman–Crippen LogP) is 0.0953. The summed E-state index contributed by atoms with van der Waals surface area (Å²) in [6, 6.07) is 0. The van der Waals surface area contributed by atoms with Crippen LogP contribution in [0.3, 0.4) is 0 Å². The molecule has 0 N–H and O–H groups in total. The first-order valence-corrected chi connectivity index (χ1v) is 6.47. The maximum atomic E-state index is 10.3. The predicted molar refractivity (Wildman–Crippen MR) is 70.4 cm³/mol. The fourth-order valence-corrected chi connectivity index (χ4v) is 1.71. The van der Waals surface area contributed by atoms with Gasteiger partial charge in [-0.2, -0.15) is 0 Å². The Hall–Kier alpha value is 0.586. The number of allylic oxidation sites excluding steroid dienone is 3. The first kappa shape index (κ1) is 20.9. The minimum atomic E-state index is -1.13. The maximum Gasteiger partial charge on any atom is 1.00 e. The van der Waals surface area contributed by atoms with E-state index in [-0.39, 0.29) is 51.4 Å². The number of carboxylic acids is 1. The molecule has 0 amide bonds. The summed E-state index contributed by atoms with van der Waals surface area (Å²) in [5.74, 6) is 0.323. The van der Waals surface area contributed by atoms with Crippen LogP contribution >= 0.6 is 0 Å². The average molecular weight is 276 g/mol. The zero-order chi connectivity index (χ0) is 13.3. The Morgan fingerprint density at radius 1 is 1.22 bits per heavy atom. The minimum absolute atomic E-state index is 0. The van der Waals surface area contributed by atoms with Crippen LogP contribution in [0.1, 0.15) is 53.4 Å². The van der Waals surface area contributed by atoms with Crippen LogP contribution in [0.25, 0.3) is 0 Å². The Kier molecular flexibility index (Phi) is 14.6. The van der Waals surface area contributed by atoms with E-state index in [9.17, 15) is 9.90 Å². The second-order valence-corrected chi connectivity index (χ2v) is 5.28. The summed E-state index contributed by atoms with van der Waals surface area (Å²) in [5.41, 5.74) is 0.736. The van der Waals surface area contributed by atoms with Gasteiger partial charge >= 0.3 is 51.4 Å². The third kappa shape index (κ3) is 14.6. The van der Waals surface area contributed by atoms with Gasteiger partial charge in [-0.3, -0.25) is 0 Å². The Labute approximate surface area is 154 Å². The molecule has 0 bridgehead atoms. The van der Waals surface area contributed by atoms with Gasteiger partial charge in [0.2, 0.25) is 0 Å². The van der Waals surface area contributed by atoms with Crippen molar-refractivity contribution in [3.63, 3.8) is 0 Å². The van der Waals surface area contributed by atoms with Gasteiger partial charge in [0, 0.05) is 0 Å². The first-order chi connectivity index (χ1) is 7.91. The number of carboxylic acid groups (broad SMARTS) is 1. The molecule has 0 aliphatic rings. The van der Waals surface area contributed by atoms with Gasteiger partial charge in [0.05, 0.1) is 5.97 Å².